The fourth-order valence-corrected chi connectivity index (χ4v) is 3.31. The van der Waals surface area contributed by atoms with Crippen LogP contribution in [0.15, 0.2) is 48.5 Å². The van der Waals surface area contributed by atoms with Crippen LogP contribution in [0.4, 0.5) is 16.5 Å². The van der Waals surface area contributed by atoms with Crippen molar-refractivity contribution in [2.45, 2.75) is 13.8 Å². The summed E-state index contributed by atoms with van der Waals surface area (Å²) in [4.78, 5) is 16.9. The van der Waals surface area contributed by atoms with E-state index >= 15 is 0 Å². The van der Waals surface area contributed by atoms with Crippen LogP contribution in [0.3, 0.4) is 0 Å². The number of methoxy groups -OCH3 is 1. The fourth-order valence-electron chi connectivity index (χ4n) is 2.46. The maximum atomic E-state index is 11.1. The molecular weight excluding hydrogens is 334 g/mol. The topological polar surface area (TPSA) is 63.2 Å². The van der Waals surface area contributed by atoms with Gasteiger partial charge in [0.05, 0.1) is 12.8 Å². The van der Waals surface area contributed by atoms with Gasteiger partial charge in [-0.05, 0) is 31.2 Å². The van der Waals surface area contributed by atoms with Crippen LogP contribution in [0.5, 0.6) is 5.75 Å². The summed E-state index contributed by atoms with van der Waals surface area (Å²) in [7, 11) is 1.65. The Hall–Kier alpha value is -2.86. The van der Waals surface area contributed by atoms with Gasteiger partial charge in [0.1, 0.15) is 5.75 Å². The Bertz CT molecular complexity index is 888. The molecule has 6 heteroatoms. The molecule has 3 aromatic rings. The molecule has 3 rings (SSSR count). The third kappa shape index (κ3) is 4.16. The molecule has 25 heavy (non-hydrogen) atoms. The maximum Gasteiger partial charge on any atom is 0.221 e. The Balaban J connectivity index is 1.81. The quantitative estimate of drug-likeness (QED) is 0.690. The average molecular weight is 353 g/mol. The largest absolute Gasteiger partial charge is 0.497 e. The summed E-state index contributed by atoms with van der Waals surface area (Å²) in [5.41, 5.74) is 3.66. The molecule has 1 aromatic heterocycles. The summed E-state index contributed by atoms with van der Waals surface area (Å²) in [6.45, 7) is 3.54. The van der Waals surface area contributed by atoms with Gasteiger partial charge in [0.25, 0.3) is 0 Å². The van der Waals surface area contributed by atoms with Crippen LogP contribution in [0.25, 0.3) is 11.3 Å². The van der Waals surface area contributed by atoms with E-state index in [9.17, 15) is 4.79 Å². The van der Waals surface area contributed by atoms with Crippen molar-refractivity contribution in [3.8, 4) is 17.0 Å². The lowest BCUT2D eigenvalue weighted by atomic mass is 10.1. The molecule has 1 amide bonds. The normalized spacial score (nSPS) is 10.4. The Morgan fingerprint density at radius 3 is 2.56 bits per heavy atom. The molecule has 2 aromatic carbocycles. The molecule has 0 unspecified atom stereocenters. The van der Waals surface area contributed by atoms with Gasteiger partial charge in [0.2, 0.25) is 5.91 Å². The molecule has 0 radical (unpaired) electrons. The number of amides is 1. The minimum atomic E-state index is -0.0811. The second-order valence-corrected chi connectivity index (χ2v) is 6.74. The van der Waals surface area contributed by atoms with Gasteiger partial charge in [0, 0.05) is 34.8 Å². The van der Waals surface area contributed by atoms with Gasteiger partial charge in [-0.15, -0.1) is 11.3 Å². The molecule has 0 saturated heterocycles. The highest BCUT2D eigenvalue weighted by Crippen LogP contribution is 2.33. The number of rotatable bonds is 5. The monoisotopic (exact) mass is 353 g/mol. The number of thiazole rings is 1. The van der Waals surface area contributed by atoms with Crippen LogP contribution in [-0.4, -0.2) is 18.0 Å². The van der Waals surface area contributed by atoms with E-state index in [4.69, 9.17) is 9.72 Å². The van der Waals surface area contributed by atoms with E-state index in [0.717, 1.165) is 38.4 Å². The van der Waals surface area contributed by atoms with Gasteiger partial charge >= 0.3 is 0 Å². The first kappa shape index (κ1) is 17.0. The highest BCUT2D eigenvalue weighted by molar-refractivity contribution is 7.16. The standard InChI is InChI=1S/C19H19N3O2S/c1-12-18(14-7-9-15(10-8-14)20-13(2)23)22-19(25-12)21-16-5-4-6-17(11-16)24-3/h4-11H,1-3H3,(H,20,23)(H,21,22). The van der Waals surface area contributed by atoms with Crippen LogP contribution in [0.1, 0.15) is 11.8 Å². The number of aromatic nitrogens is 1. The van der Waals surface area contributed by atoms with Crippen molar-refractivity contribution < 1.29 is 9.53 Å². The fraction of sp³-hybridized carbons (Fsp3) is 0.158. The van der Waals surface area contributed by atoms with Gasteiger partial charge < -0.3 is 15.4 Å². The van der Waals surface area contributed by atoms with Crippen LogP contribution in [0.2, 0.25) is 0 Å². The molecule has 1 heterocycles. The molecule has 0 bridgehead atoms. The number of aryl methyl sites for hydroxylation is 1. The van der Waals surface area contributed by atoms with Gasteiger partial charge in [-0.1, -0.05) is 18.2 Å². The van der Waals surface area contributed by atoms with Crippen molar-refractivity contribution in [1.82, 2.24) is 4.98 Å². The SMILES string of the molecule is COc1cccc(Nc2nc(-c3ccc(NC(C)=O)cc3)c(C)s2)c1. The van der Waals surface area contributed by atoms with Crippen LogP contribution >= 0.6 is 11.3 Å². The van der Waals surface area contributed by atoms with Crippen molar-refractivity contribution in [1.29, 1.82) is 0 Å². The number of hydrogen-bond acceptors (Lipinski definition) is 5. The van der Waals surface area contributed by atoms with Crippen molar-refractivity contribution >= 4 is 33.8 Å². The number of carbonyl (C=O) groups is 1. The van der Waals surface area contributed by atoms with E-state index < -0.39 is 0 Å². The molecular formula is C19H19N3O2S. The molecule has 2 N–H and O–H groups in total. The van der Waals surface area contributed by atoms with E-state index in [1.165, 1.54) is 6.92 Å². The molecule has 0 aliphatic rings. The third-order valence-corrected chi connectivity index (χ3v) is 4.48. The zero-order valence-electron chi connectivity index (χ0n) is 14.3. The molecule has 0 atom stereocenters. The highest BCUT2D eigenvalue weighted by Gasteiger charge is 2.10. The van der Waals surface area contributed by atoms with Gasteiger partial charge in [0.15, 0.2) is 5.13 Å². The van der Waals surface area contributed by atoms with E-state index in [1.54, 1.807) is 18.4 Å². The molecule has 5 nitrogen and oxygen atoms in total. The molecule has 0 aliphatic carbocycles. The summed E-state index contributed by atoms with van der Waals surface area (Å²) in [5, 5.41) is 6.91. The molecule has 0 fully saturated rings. The lowest BCUT2D eigenvalue weighted by molar-refractivity contribution is -0.114. The maximum absolute atomic E-state index is 11.1. The second-order valence-electron chi connectivity index (χ2n) is 5.54. The minimum Gasteiger partial charge on any atom is -0.497 e. The highest BCUT2D eigenvalue weighted by atomic mass is 32.1. The smallest absolute Gasteiger partial charge is 0.221 e. The summed E-state index contributed by atoms with van der Waals surface area (Å²) >= 11 is 1.60. The Kier molecular flexibility index (Phi) is 5.00. The lowest BCUT2D eigenvalue weighted by Crippen LogP contribution is -2.05. The van der Waals surface area contributed by atoms with Gasteiger partial charge in [-0.25, -0.2) is 4.98 Å². The number of ether oxygens (including phenoxy) is 1. The second kappa shape index (κ2) is 7.36. The van der Waals surface area contributed by atoms with Crippen LogP contribution in [0, 0.1) is 6.92 Å². The van der Waals surface area contributed by atoms with E-state index in [2.05, 4.69) is 10.6 Å². The molecule has 0 spiro atoms. The first-order valence-corrected chi connectivity index (χ1v) is 8.63. The van der Waals surface area contributed by atoms with Crippen LogP contribution < -0.4 is 15.4 Å². The van der Waals surface area contributed by atoms with Gasteiger partial charge in [-0.2, -0.15) is 0 Å². The third-order valence-electron chi connectivity index (χ3n) is 3.60. The zero-order chi connectivity index (χ0) is 17.8. The molecule has 128 valence electrons. The predicted octanol–water partition coefficient (Wildman–Crippen LogP) is 4.83. The first-order chi connectivity index (χ1) is 12.0. The van der Waals surface area contributed by atoms with Crippen molar-refractivity contribution in [3.63, 3.8) is 0 Å². The zero-order valence-corrected chi connectivity index (χ0v) is 15.1. The van der Waals surface area contributed by atoms with Crippen LogP contribution in [-0.2, 0) is 4.79 Å². The Morgan fingerprint density at radius 2 is 1.88 bits per heavy atom. The number of hydrogen-bond donors (Lipinski definition) is 2. The summed E-state index contributed by atoms with van der Waals surface area (Å²) in [6, 6.07) is 15.4. The van der Waals surface area contributed by atoms with Crippen molar-refractivity contribution in [3.05, 3.63) is 53.4 Å². The summed E-state index contributed by atoms with van der Waals surface area (Å²) in [5.74, 6) is 0.717. The molecule has 0 aliphatic heterocycles. The van der Waals surface area contributed by atoms with Crippen molar-refractivity contribution in [2.75, 3.05) is 17.7 Å². The number of anilines is 3. The minimum absolute atomic E-state index is 0.0811. The number of nitrogens with zero attached hydrogens (tertiary/aromatic N) is 1. The number of carbonyl (C=O) groups excluding carboxylic acids is 1. The Labute approximate surface area is 150 Å². The van der Waals surface area contributed by atoms with Gasteiger partial charge in [-0.3, -0.25) is 4.79 Å². The first-order valence-electron chi connectivity index (χ1n) is 7.81. The lowest BCUT2D eigenvalue weighted by Gasteiger charge is -2.05. The Morgan fingerprint density at radius 1 is 1.12 bits per heavy atom. The summed E-state index contributed by atoms with van der Waals surface area (Å²) < 4.78 is 5.24. The summed E-state index contributed by atoms with van der Waals surface area (Å²) in [6.07, 6.45) is 0. The average Bonchev–Trinajstić information content (AvgIpc) is 2.95. The van der Waals surface area contributed by atoms with E-state index in [0.29, 0.717) is 0 Å². The number of nitrogens with one attached hydrogen (secondary N) is 2. The predicted molar refractivity (Wildman–Crippen MR) is 103 cm³/mol. The van der Waals surface area contributed by atoms with E-state index in [-0.39, 0.29) is 5.91 Å². The number of benzene rings is 2. The van der Waals surface area contributed by atoms with E-state index in [1.807, 2.05) is 55.5 Å². The molecule has 0 saturated carbocycles. The van der Waals surface area contributed by atoms with Crippen molar-refractivity contribution in [2.24, 2.45) is 0 Å².